The Labute approximate surface area is 156 Å². The first-order valence-corrected chi connectivity index (χ1v) is 9.17. The molecular formula is C19H25F2N3O3. The smallest absolute Gasteiger partial charge is 0.340 e. The minimum atomic E-state index is -2.95. The summed E-state index contributed by atoms with van der Waals surface area (Å²) < 4.78 is 27.5. The standard InChI is InChI=1S/C19H25F2N3O3/c20-18(21)8-5-13(11-18)19(27,16(25)26)15-4-2-1-3-14(15)12-6-9-24(10-7-12)17(22)23/h1-4,12-13,27H,5-11H2,(H3,22,23)(H,25,26)/t13-,19-/m1/s1. The third-order valence-corrected chi connectivity index (χ3v) is 5.97. The number of piperidine rings is 1. The van der Waals surface area contributed by atoms with E-state index in [9.17, 15) is 23.8 Å². The van der Waals surface area contributed by atoms with Gasteiger partial charge in [0.1, 0.15) is 0 Å². The highest BCUT2D eigenvalue weighted by Gasteiger charge is 2.54. The van der Waals surface area contributed by atoms with Crippen LogP contribution in [-0.4, -0.2) is 46.1 Å². The lowest BCUT2D eigenvalue weighted by Crippen LogP contribution is -2.45. The van der Waals surface area contributed by atoms with Gasteiger partial charge < -0.3 is 20.8 Å². The van der Waals surface area contributed by atoms with E-state index in [4.69, 9.17) is 11.1 Å². The molecule has 1 saturated carbocycles. The van der Waals surface area contributed by atoms with Crippen LogP contribution in [0.15, 0.2) is 24.3 Å². The fourth-order valence-corrected chi connectivity index (χ4v) is 4.45. The molecule has 1 aromatic rings. The predicted molar refractivity (Wildman–Crippen MR) is 95.7 cm³/mol. The van der Waals surface area contributed by atoms with E-state index in [-0.39, 0.29) is 23.9 Å². The molecule has 8 heteroatoms. The highest BCUT2D eigenvalue weighted by Crippen LogP contribution is 2.49. The summed E-state index contributed by atoms with van der Waals surface area (Å²) in [5.74, 6) is -5.50. The normalized spacial score (nSPS) is 25.1. The number of carboxylic acid groups (broad SMARTS) is 1. The van der Waals surface area contributed by atoms with Crippen LogP contribution in [0.4, 0.5) is 8.78 Å². The molecule has 0 spiro atoms. The zero-order valence-electron chi connectivity index (χ0n) is 15.0. The molecule has 2 atom stereocenters. The second kappa shape index (κ2) is 7.07. The predicted octanol–water partition coefficient (Wildman–Crippen LogP) is 2.47. The molecule has 27 heavy (non-hydrogen) atoms. The molecule has 0 unspecified atom stereocenters. The van der Waals surface area contributed by atoms with Crippen molar-refractivity contribution in [2.45, 2.75) is 49.5 Å². The van der Waals surface area contributed by atoms with E-state index in [1.165, 1.54) is 6.07 Å². The molecule has 6 nitrogen and oxygen atoms in total. The number of hydrogen-bond donors (Lipinski definition) is 4. The van der Waals surface area contributed by atoms with Crippen LogP contribution in [0.3, 0.4) is 0 Å². The summed E-state index contributed by atoms with van der Waals surface area (Å²) in [4.78, 5) is 13.8. The number of aliphatic hydroxyl groups is 1. The molecule has 1 heterocycles. The molecule has 0 radical (unpaired) electrons. The van der Waals surface area contributed by atoms with Crippen LogP contribution in [0.1, 0.15) is 49.1 Å². The van der Waals surface area contributed by atoms with Crippen molar-refractivity contribution < 1.29 is 23.8 Å². The maximum absolute atomic E-state index is 13.7. The Balaban J connectivity index is 1.94. The lowest BCUT2D eigenvalue weighted by molar-refractivity contribution is -0.167. The minimum Gasteiger partial charge on any atom is -0.479 e. The maximum atomic E-state index is 13.7. The van der Waals surface area contributed by atoms with Gasteiger partial charge in [-0.25, -0.2) is 13.6 Å². The fourth-order valence-electron chi connectivity index (χ4n) is 4.45. The third kappa shape index (κ3) is 3.63. The third-order valence-electron chi connectivity index (χ3n) is 5.97. The van der Waals surface area contributed by atoms with Crippen LogP contribution in [0.25, 0.3) is 0 Å². The highest BCUT2D eigenvalue weighted by atomic mass is 19.3. The first kappa shape index (κ1) is 19.5. The second-order valence-corrected chi connectivity index (χ2v) is 7.60. The average molecular weight is 381 g/mol. The highest BCUT2D eigenvalue weighted by molar-refractivity contribution is 5.80. The van der Waals surface area contributed by atoms with Gasteiger partial charge in [0.05, 0.1) is 0 Å². The Morgan fingerprint density at radius 2 is 1.89 bits per heavy atom. The molecule has 148 valence electrons. The molecule has 2 aliphatic rings. The molecule has 1 aromatic carbocycles. The number of nitrogens with one attached hydrogen (secondary N) is 1. The summed E-state index contributed by atoms with van der Waals surface area (Å²) in [6, 6.07) is 6.70. The molecule has 3 rings (SSSR count). The van der Waals surface area contributed by atoms with E-state index in [0.29, 0.717) is 31.5 Å². The number of carboxylic acids is 1. The number of carbonyl (C=O) groups is 1. The summed E-state index contributed by atoms with van der Waals surface area (Å²) in [6.07, 6.45) is 0.215. The van der Waals surface area contributed by atoms with E-state index < -0.39 is 36.3 Å². The molecule has 1 aliphatic carbocycles. The fraction of sp³-hybridized carbons (Fsp3) is 0.579. The summed E-state index contributed by atoms with van der Waals surface area (Å²) >= 11 is 0. The van der Waals surface area contributed by atoms with E-state index in [1.807, 2.05) is 0 Å². The van der Waals surface area contributed by atoms with Crippen molar-refractivity contribution in [2.24, 2.45) is 11.7 Å². The molecule has 1 aliphatic heterocycles. The van der Waals surface area contributed by atoms with E-state index >= 15 is 0 Å². The number of hydrogen-bond acceptors (Lipinski definition) is 3. The maximum Gasteiger partial charge on any atom is 0.340 e. The Hall–Kier alpha value is -2.22. The number of aliphatic carboxylic acids is 1. The molecular weight excluding hydrogens is 356 g/mol. The zero-order chi connectivity index (χ0) is 19.8. The van der Waals surface area contributed by atoms with Crippen molar-refractivity contribution in [3.8, 4) is 0 Å². The van der Waals surface area contributed by atoms with Crippen LogP contribution < -0.4 is 5.73 Å². The van der Waals surface area contributed by atoms with Gasteiger partial charge in [-0.05, 0) is 36.3 Å². The molecule has 0 bridgehead atoms. The van der Waals surface area contributed by atoms with Gasteiger partial charge in [-0.1, -0.05) is 24.3 Å². The first-order valence-electron chi connectivity index (χ1n) is 9.17. The molecule has 0 amide bonds. The number of nitrogens with two attached hydrogens (primary N) is 1. The van der Waals surface area contributed by atoms with E-state index in [0.717, 1.165) is 0 Å². The van der Waals surface area contributed by atoms with Gasteiger partial charge in [-0.2, -0.15) is 0 Å². The van der Waals surface area contributed by atoms with Gasteiger partial charge in [0, 0.05) is 31.8 Å². The molecule has 5 N–H and O–H groups in total. The van der Waals surface area contributed by atoms with Crippen LogP contribution in [0.2, 0.25) is 0 Å². The van der Waals surface area contributed by atoms with E-state index in [2.05, 4.69) is 0 Å². The van der Waals surface area contributed by atoms with Crippen molar-refractivity contribution in [1.82, 2.24) is 4.90 Å². The number of benzene rings is 1. The Morgan fingerprint density at radius 1 is 1.26 bits per heavy atom. The lowest BCUT2D eigenvalue weighted by Gasteiger charge is -2.37. The van der Waals surface area contributed by atoms with Gasteiger partial charge >= 0.3 is 5.97 Å². The van der Waals surface area contributed by atoms with Crippen LogP contribution in [-0.2, 0) is 10.4 Å². The number of rotatable bonds is 4. The zero-order valence-corrected chi connectivity index (χ0v) is 15.0. The van der Waals surface area contributed by atoms with Crippen LogP contribution in [0, 0.1) is 11.3 Å². The topological polar surface area (TPSA) is 111 Å². The monoisotopic (exact) mass is 381 g/mol. The van der Waals surface area contributed by atoms with E-state index in [1.54, 1.807) is 23.1 Å². The number of alkyl halides is 2. The summed E-state index contributed by atoms with van der Waals surface area (Å²) in [7, 11) is 0. The Bertz CT molecular complexity index is 735. The van der Waals surface area contributed by atoms with Crippen molar-refractivity contribution in [1.29, 1.82) is 5.41 Å². The van der Waals surface area contributed by atoms with Gasteiger partial charge in [-0.3, -0.25) is 5.41 Å². The van der Waals surface area contributed by atoms with Crippen LogP contribution in [0.5, 0.6) is 0 Å². The first-order chi connectivity index (χ1) is 12.6. The number of nitrogens with zero attached hydrogens (tertiary/aromatic N) is 1. The van der Waals surface area contributed by atoms with Crippen molar-refractivity contribution in [3.63, 3.8) is 0 Å². The van der Waals surface area contributed by atoms with Gasteiger partial charge in [0.15, 0.2) is 11.6 Å². The molecule has 1 saturated heterocycles. The summed E-state index contributed by atoms with van der Waals surface area (Å²) in [5, 5.41) is 28.5. The molecule has 2 fully saturated rings. The average Bonchev–Trinajstić information content (AvgIpc) is 3.01. The Morgan fingerprint density at radius 3 is 2.41 bits per heavy atom. The summed E-state index contributed by atoms with van der Waals surface area (Å²) in [6.45, 7) is 1.11. The van der Waals surface area contributed by atoms with Gasteiger partial charge in [0.2, 0.25) is 5.92 Å². The van der Waals surface area contributed by atoms with Gasteiger partial charge in [0.25, 0.3) is 0 Å². The number of halogens is 2. The quantitative estimate of drug-likeness (QED) is 0.473. The SMILES string of the molecule is N=C(N)N1CCC(c2ccccc2[C@@](O)(C(=O)O)[C@@H]2CCC(F)(F)C2)CC1. The Kier molecular flexibility index (Phi) is 5.12. The lowest BCUT2D eigenvalue weighted by atomic mass is 9.74. The van der Waals surface area contributed by atoms with Crippen molar-refractivity contribution in [2.75, 3.05) is 13.1 Å². The largest absolute Gasteiger partial charge is 0.479 e. The summed E-state index contributed by atoms with van der Waals surface area (Å²) in [5.41, 5.74) is 4.07. The second-order valence-electron chi connectivity index (χ2n) is 7.60. The number of likely N-dealkylation sites (tertiary alicyclic amines) is 1. The number of guanidine groups is 1. The minimum absolute atomic E-state index is 0.00281. The van der Waals surface area contributed by atoms with Gasteiger partial charge in [-0.15, -0.1) is 0 Å². The van der Waals surface area contributed by atoms with Crippen molar-refractivity contribution >= 4 is 11.9 Å². The van der Waals surface area contributed by atoms with Crippen molar-refractivity contribution in [3.05, 3.63) is 35.4 Å². The molecule has 0 aromatic heterocycles. The van der Waals surface area contributed by atoms with Crippen LogP contribution >= 0.6 is 0 Å².